The molecular weight excluding hydrogens is 424 g/mol. The van der Waals surface area contributed by atoms with Gasteiger partial charge in [0.2, 0.25) is 0 Å². The molecule has 0 radical (unpaired) electrons. The Bertz CT molecular complexity index is 1400. The molecule has 0 fully saturated rings. The first-order valence-corrected chi connectivity index (χ1v) is 10.2. The smallest absolute Gasteiger partial charge is 0.422 e. The molecule has 0 saturated carbocycles. The normalized spacial score (nSPS) is 10.7. The number of nitrogens with one attached hydrogen (secondary N) is 1. The molecule has 4 aromatic rings. The summed E-state index contributed by atoms with van der Waals surface area (Å²) in [7, 11) is 3.14. The molecule has 8 nitrogen and oxygen atoms in total. The first-order chi connectivity index (χ1) is 16.0. The van der Waals surface area contributed by atoms with Crippen LogP contribution < -0.4 is 26.1 Å². The number of carbonyl (C=O) groups is 1. The molecule has 168 valence electrons. The van der Waals surface area contributed by atoms with Crippen LogP contribution in [0.5, 0.6) is 11.5 Å². The molecule has 0 atom stereocenters. The fourth-order valence-electron chi connectivity index (χ4n) is 3.38. The second-order valence-corrected chi connectivity index (χ2v) is 7.35. The Labute approximate surface area is 189 Å². The molecular formula is C25H22N2O6. The largest absolute Gasteiger partial charge is 0.497 e. The van der Waals surface area contributed by atoms with E-state index in [-0.39, 0.29) is 29.0 Å². The molecule has 1 heterocycles. The number of methoxy groups -OCH3 is 2. The van der Waals surface area contributed by atoms with Gasteiger partial charge in [0.15, 0.2) is 0 Å². The zero-order valence-corrected chi connectivity index (χ0v) is 18.2. The van der Waals surface area contributed by atoms with Crippen molar-refractivity contribution < 1.29 is 18.7 Å². The molecule has 0 aliphatic carbocycles. The van der Waals surface area contributed by atoms with Gasteiger partial charge in [0, 0.05) is 12.1 Å². The van der Waals surface area contributed by atoms with Gasteiger partial charge in [-0.3, -0.25) is 9.59 Å². The van der Waals surface area contributed by atoms with Crippen molar-refractivity contribution in [3.05, 3.63) is 104 Å². The van der Waals surface area contributed by atoms with Crippen molar-refractivity contribution in [3.63, 3.8) is 0 Å². The van der Waals surface area contributed by atoms with E-state index in [0.29, 0.717) is 12.3 Å². The number of hydrogen-bond donors (Lipinski definition) is 1. The van der Waals surface area contributed by atoms with Crippen molar-refractivity contribution in [2.24, 2.45) is 0 Å². The summed E-state index contributed by atoms with van der Waals surface area (Å²) in [6.45, 7) is 0.349. The van der Waals surface area contributed by atoms with Gasteiger partial charge in [0.25, 0.3) is 11.5 Å². The quantitative estimate of drug-likeness (QED) is 0.469. The molecule has 0 aliphatic rings. The van der Waals surface area contributed by atoms with Crippen LogP contribution >= 0.6 is 0 Å². The number of fused-ring (bicyclic) bond motifs is 1. The molecule has 0 bridgehead atoms. The standard InChI is InChI=1S/C25H22N2O6/c1-31-19-8-3-16(4-9-19)14-26-23(28)18-7-12-22-21(13-18)24(29)27(25(30)33-22)15-17-5-10-20(32-2)11-6-17/h3-13H,14-15H2,1-2H3,(H,26,28). The van der Waals surface area contributed by atoms with Crippen LogP contribution in [0.2, 0.25) is 0 Å². The van der Waals surface area contributed by atoms with Crippen molar-refractivity contribution >= 4 is 16.9 Å². The highest BCUT2D eigenvalue weighted by Gasteiger charge is 2.14. The summed E-state index contributed by atoms with van der Waals surface area (Å²) >= 11 is 0. The van der Waals surface area contributed by atoms with Crippen LogP contribution in [-0.2, 0) is 13.1 Å². The van der Waals surface area contributed by atoms with Crippen LogP contribution in [0.1, 0.15) is 21.5 Å². The van der Waals surface area contributed by atoms with Crippen molar-refractivity contribution in [1.82, 2.24) is 9.88 Å². The minimum Gasteiger partial charge on any atom is -0.497 e. The molecule has 1 N–H and O–H groups in total. The Morgan fingerprint density at radius 2 is 1.48 bits per heavy atom. The summed E-state index contributed by atoms with van der Waals surface area (Å²) in [4.78, 5) is 38.1. The number of rotatable bonds is 7. The van der Waals surface area contributed by atoms with E-state index in [1.807, 2.05) is 24.3 Å². The van der Waals surface area contributed by atoms with E-state index < -0.39 is 11.3 Å². The molecule has 0 unspecified atom stereocenters. The van der Waals surface area contributed by atoms with Gasteiger partial charge in [0.05, 0.1) is 26.2 Å². The third-order valence-corrected chi connectivity index (χ3v) is 5.25. The van der Waals surface area contributed by atoms with Crippen LogP contribution in [0.25, 0.3) is 11.0 Å². The van der Waals surface area contributed by atoms with E-state index in [0.717, 1.165) is 21.4 Å². The Kier molecular flexibility index (Phi) is 6.26. The van der Waals surface area contributed by atoms with Crippen LogP contribution in [0.3, 0.4) is 0 Å². The van der Waals surface area contributed by atoms with Crippen LogP contribution in [0, 0.1) is 0 Å². The number of aromatic nitrogens is 1. The van der Waals surface area contributed by atoms with Crippen molar-refractivity contribution in [1.29, 1.82) is 0 Å². The molecule has 1 amide bonds. The van der Waals surface area contributed by atoms with E-state index in [4.69, 9.17) is 13.9 Å². The van der Waals surface area contributed by atoms with Crippen molar-refractivity contribution in [2.75, 3.05) is 14.2 Å². The lowest BCUT2D eigenvalue weighted by Gasteiger charge is -2.09. The second kappa shape index (κ2) is 9.44. The first kappa shape index (κ1) is 21.9. The molecule has 33 heavy (non-hydrogen) atoms. The molecule has 0 spiro atoms. The molecule has 3 aromatic carbocycles. The lowest BCUT2D eigenvalue weighted by molar-refractivity contribution is 0.0951. The summed E-state index contributed by atoms with van der Waals surface area (Å²) in [5, 5.41) is 2.97. The molecule has 4 rings (SSSR count). The summed E-state index contributed by atoms with van der Waals surface area (Å²) in [6, 6.07) is 18.8. The topological polar surface area (TPSA) is 99.8 Å². The minimum absolute atomic E-state index is 0.0367. The maximum absolute atomic E-state index is 13.0. The fourth-order valence-corrected chi connectivity index (χ4v) is 3.38. The second-order valence-electron chi connectivity index (χ2n) is 7.35. The number of carbonyl (C=O) groups excluding carboxylic acids is 1. The lowest BCUT2D eigenvalue weighted by atomic mass is 10.1. The Morgan fingerprint density at radius 3 is 2.09 bits per heavy atom. The van der Waals surface area contributed by atoms with Crippen molar-refractivity contribution in [3.8, 4) is 11.5 Å². The summed E-state index contributed by atoms with van der Waals surface area (Å²) in [6.07, 6.45) is 0. The molecule has 8 heteroatoms. The zero-order chi connectivity index (χ0) is 23.4. The molecule has 0 aliphatic heterocycles. The number of nitrogens with zero attached hydrogens (tertiary/aromatic N) is 1. The number of amides is 1. The Balaban J connectivity index is 1.58. The number of hydrogen-bond acceptors (Lipinski definition) is 6. The maximum Gasteiger partial charge on any atom is 0.422 e. The minimum atomic E-state index is -0.764. The Hall–Kier alpha value is -4.33. The van der Waals surface area contributed by atoms with Gasteiger partial charge in [-0.05, 0) is 53.6 Å². The average molecular weight is 446 g/mol. The maximum atomic E-state index is 13.0. The predicted molar refractivity (Wildman–Crippen MR) is 123 cm³/mol. The highest BCUT2D eigenvalue weighted by atomic mass is 16.5. The van der Waals surface area contributed by atoms with Gasteiger partial charge in [-0.2, -0.15) is 0 Å². The predicted octanol–water partition coefficient (Wildman–Crippen LogP) is 2.95. The summed E-state index contributed by atoms with van der Waals surface area (Å²) in [5.74, 6) is 0.286. The van der Waals surface area contributed by atoms with E-state index in [9.17, 15) is 14.4 Å². The third-order valence-electron chi connectivity index (χ3n) is 5.25. The van der Waals surface area contributed by atoms with Crippen LogP contribution in [0.4, 0.5) is 0 Å². The van der Waals surface area contributed by atoms with E-state index in [1.165, 1.54) is 18.2 Å². The Morgan fingerprint density at radius 1 is 0.879 bits per heavy atom. The van der Waals surface area contributed by atoms with E-state index in [1.54, 1.807) is 38.5 Å². The third kappa shape index (κ3) is 4.79. The molecule has 0 saturated heterocycles. The molecule has 1 aromatic heterocycles. The van der Waals surface area contributed by atoms with Crippen LogP contribution in [-0.4, -0.2) is 24.7 Å². The summed E-state index contributed by atoms with van der Waals surface area (Å²) < 4.78 is 16.6. The van der Waals surface area contributed by atoms with Gasteiger partial charge in [-0.15, -0.1) is 0 Å². The first-order valence-electron chi connectivity index (χ1n) is 10.2. The van der Waals surface area contributed by atoms with Gasteiger partial charge >= 0.3 is 5.76 Å². The lowest BCUT2D eigenvalue weighted by Crippen LogP contribution is -2.33. The van der Waals surface area contributed by atoms with Gasteiger partial charge in [-0.1, -0.05) is 24.3 Å². The zero-order valence-electron chi connectivity index (χ0n) is 18.2. The SMILES string of the molecule is COc1ccc(CNC(=O)c2ccc3oc(=O)n(Cc4ccc(OC)cc4)c(=O)c3c2)cc1. The number of ether oxygens (including phenoxy) is 2. The van der Waals surface area contributed by atoms with Crippen LogP contribution in [0.15, 0.2) is 80.7 Å². The fraction of sp³-hybridized carbons (Fsp3) is 0.160. The van der Waals surface area contributed by atoms with Gasteiger partial charge in [-0.25, -0.2) is 9.36 Å². The van der Waals surface area contributed by atoms with Gasteiger partial charge in [0.1, 0.15) is 17.1 Å². The number of benzene rings is 3. The monoisotopic (exact) mass is 446 g/mol. The van der Waals surface area contributed by atoms with E-state index >= 15 is 0 Å². The van der Waals surface area contributed by atoms with E-state index in [2.05, 4.69) is 5.32 Å². The highest BCUT2D eigenvalue weighted by molar-refractivity contribution is 5.97. The van der Waals surface area contributed by atoms with Gasteiger partial charge < -0.3 is 19.2 Å². The average Bonchev–Trinajstić information content (AvgIpc) is 2.85. The highest BCUT2D eigenvalue weighted by Crippen LogP contribution is 2.15. The van der Waals surface area contributed by atoms with Crippen molar-refractivity contribution in [2.45, 2.75) is 13.1 Å². The summed E-state index contributed by atoms with van der Waals surface area (Å²) in [5.41, 5.74) is 1.53.